The number of rotatable bonds is 3. The molecule has 0 N–H and O–H groups in total. The molecule has 2 aliphatic rings. The lowest BCUT2D eigenvalue weighted by molar-refractivity contribution is -0.129. The van der Waals surface area contributed by atoms with E-state index in [9.17, 15) is 4.79 Å². The van der Waals surface area contributed by atoms with Crippen molar-refractivity contribution in [2.45, 2.75) is 20.3 Å². The molecule has 1 saturated heterocycles. The van der Waals surface area contributed by atoms with Crippen LogP contribution in [0.4, 0.5) is 11.4 Å². The molecule has 1 amide bonds. The molecule has 6 rings (SSSR count). The van der Waals surface area contributed by atoms with Crippen molar-refractivity contribution in [3.8, 4) is 17.0 Å². The second-order valence-electron chi connectivity index (χ2n) is 9.36. The van der Waals surface area contributed by atoms with Gasteiger partial charge in [-0.25, -0.2) is 4.98 Å². The average molecular weight is 496 g/mol. The van der Waals surface area contributed by atoms with E-state index in [4.69, 9.17) is 14.5 Å². The molecule has 1 aromatic heterocycles. The van der Waals surface area contributed by atoms with E-state index in [1.807, 2.05) is 29.2 Å². The van der Waals surface area contributed by atoms with Gasteiger partial charge in [-0.3, -0.25) is 4.79 Å². The van der Waals surface area contributed by atoms with Gasteiger partial charge in [-0.15, -0.1) is 0 Å². The summed E-state index contributed by atoms with van der Waals surface area (Å²) < 4.78 is 11.0. The molecule has 37 heavy (non-hydrogen) atoms. The molecule has 1 fully saturated rings. The van der Waals surface area contributed by atoms with Crippen LogP contribution in [-0.2, 0) is 9.53 Å². The van der Waals surface area contributed by atoms with Crippen molar-refractivity contribution >= 4 is 45.0 Å². The van der Waals surface area contributed by atoms with Gasteiger partial charge in [-0.2, -0.15) is 0 Å². The summed E-state index contributed by atoms with van der Waals surface area (Å²) in [6, 6.07) is 18.7. The van der Waals surface area contributed by atoms with Crippen LogP contribution in [0.25, 0.3) is 39.0 Å². The first-order valence-electron chi connectivity index (χ1n) is 12.9. The van der Waals surface area contributed by atoms with Crippen LogP contribution in [0.15, 0.2) is 60.7 Å². The van der Waals surface area contributed by atoms with E-state index in [-0.39, 0.29) is 5.91 Å². The number of morpholine rings is 1. The standard InChI is InChI=1S/C28H25N3O3.C3H8/c1-30-24-15-18(8-10-26(32)31-11-13-34-14-12-31)7-9-21(24)28-27-22(16-19(33-2)17-25(27)30)20-5-3-4-6-23(20)29-28;1-3-2/h3-10,15-17H,11-14H2,1-2H3;3H2,1-2H3/b10-8+;. The number of fused-ring (bicyclic) bond motifs is 4. The molecule has 4 aromatic rings. The van der Waals surface area contributed by atoms with E-state index in [2.05, 4.69) is 62.2 Å². The predicted octanol–water partition coefficient (Wildman–Crippen LogP) is 6.43. The largest absolute Gasteiger partial charge is 0.497 e. The second-order valence-corrected chi connectivity index (χ2v) is 9.36. The van der Waals surface area contributed by atoms with Crippen LogP contribution in [0.3, 0.4) is 0 Å². The Bertz CT molecular complexity index is 1490. The van der Waals surface area contributed by atoms with Gasteiger partial charge in [0.15, 0.2) is 0 Å². The van der Waals surface area contributed by atoms with E-state index in [1.54, 1.807) is 13.2 Å². The maximum absolute atomic E-state index is 12.6. The molecule has 190 valence electrons. The van der Waals surface area contributed by atoms with Crippen LogP contribution in [0.5, 0.6) is 5.75 Å². The molecule has 6 nitrogen and oxygen atoms in total. The van der Waals surface area contributed by atoms with Crippen LogP contribution in [-0.4, -0.2) is 56.3 Å². The topological polar surface area (TPSA) is 54.9 Å². The molecule has 0 saturated carbocycles. The van der Waals surface area contributed by atoms with Crippen molar-refractivity contribution in [1.29, 1.82) is 0 Å². The van der Waals surface area contributed by atoms with Crippen LogP contribution in [0.2, 0.25) is 0 Å². The van der Waals surface area contributed by atoms with Gasteiger partial charge in [0.2, 0.25) is 5.91 Å². The molecule has 0 aliphatic carbocycles. The number of hydrogen-bond acceptors (Lipinski definition) is 5. The SMILES string of the molecule is CCC.COc1cc2c3c(nc4ccccc4c3c1)-c1ccc(/C=C/C(=O)N3CCOCC3)cc1N2C. The number of carbonyl (C=O) groups is 1. The zero-order valence-electron chi connectivity index (χ0n) is 22.0. The third-order valence-corrected chi connectivity index (χ3v) is 6.73. The first-order valence-corrected chi connectivity index (χ1v) is 12.9. The van der Waals surface area contributed by atoms with Crippen molar-refractivity contribution in [2.24, 2.45) is 0 Å². The van der Waals surface area contributed by atoms with Crippen LogP contribution < -0.4 is 9.64 Å². The number of ether oxygens (including phenoxy) is 2. The number of carbonyl (C=O) groups excluding carboxylic acids is 1. The molecular weight excluding hydrogens is 462 g/mol. The number of para-hydroxylation sites is 1. The normalized spacial score (nSPS) is 14.5. The first kappa shape index (κ1) is 24.8. The Morgan fingerprint density at radius 3 is 2.54 bits per heavy atom. The Labute approximate surface area is 218 Å². The van der Waals surface area contributed by atoms with Crippen molar-refractivity contribution in [2.75, 3.05) is 45.4 Å². The van der Waals surface area contributed by atoms with E-state index in [1.165, 1.54) is 6.42 Å². The van der Waals surface area contributed by atoms with Gasteiger partial charge in [0.25, 0.3) is 0 Å². The van der Waals surface area contributed by atoms with E-state index in [0.29, 0.717) is 26.3 Å². The Balaban J connectivity index is 0.000000892. The fraction of sp³-hybridized carbons (Fsp3) is 0.290. The zero-order chi connectivity index (χ0) is 25.9. The maximum atomic E-state index is 12.6. The number of pyridine rings is 1. The summed E-state index contributed by atoms with van der Waals surface area (Å²) >= 11 is 0. The number of methoxy groups -OCH3 is 1. The highest BCUT2D eigenvalue weighted by Crippen LogP contribution is 2.49. The Kier molecular flexibility index (Phi) is 7.10. The minimum Gasteiger partial charge on any atom is -0.497 e. The lowest BCUT2D eigenvalue weighted by Gasteiger charge is -2.31. The number of anilines is 2. The number of nitrogens with zero attached hydrogens (tertiary/aromatic N) is 3. The third kappa shape index (κ3) is 4.65. The minimum atomic E-state index is 0.0161. The van der Waals surface area contributed by atoms with Crippen molar-refractivity contribution in [1.82, 2.24) is 9.88 Å². The Morgan fingerprint density at radius 1 is 1.03 bits per heavy atom. The molecule has 6 heteroatoms. The number of benzene rings is 3. The smallest absolute Gasteiger partial charge is 0.246 e. The summed E-state index contributed by atoms with van der Waals surface area (Å²) in [5.41, 5.74) is 6.08. The minimum absolute atomic E-state index is 0.0161. The third-order valence-electron chi connectivity index (χ3n) is 6.73. The molecule has 0 unspecified atom stereocenters. The van der Waals surface area contributed by atoms with Crippen LogP contribution in [0, 0.1) is 0 Å². The first-order chi connectivity index (χ1) is 18.0. The van der Waals surface area contributed by atoms with Gasteiger partial charge in [-0.1, -0.05) is 50.6 Å². The summed E-state index contributed by atoms with van der Waals surface area (Å²) in [6.45, 7) is 6.72. The monoisotopic (exact) mass is 495 g/mol. The quantitative estimate of drug-likeness (QED) is 0.242. The summed E-state index contributed by atoms with van der Waals surface area (Å²) in [6.07, 6.45) is 4.79. The number of aromatic nitrogens is 1. The van der Waals surface area contributed by atoms with Crippen molar-refractivity contribution in [3.05, 3.63) is 66.2 Å². The average Bonchev–Trinajstić information content (AvgIpc) is 2.94. The lowest BCUT2D eigenvalue weighted by atomic mass is 9.92. The van der Waals surface area contributed by atoms with Crippen molar-refractivity contribution < 1.29 is 14.3 Å². The number of amides is 1. The zero-order valence-corrected chi connectivity index (χ0v) is 22.0. The molecule has 0 radical (unpaired) electrons. The van der Waals surface area contributed by atoms with Gasteiger partial charge >= 0.3 is 0 Å². The summed E-state index contributed by atoms with van der Waals surface area (Å²) in [5, 5.41) is 3.37. The van der Waals surface area contributed by atoms with Gasteiger partial charge in [0.05, 0.1) is 42.9 Å². The molecule has 0 bridgehead atoms. The van der Waals surface area contributed by atoms with Gasteiger partial charge < -0.3 is 19.3 Å². The second kappa shape index (κ2) is 10.6. The fourth-order valence-corrected chi connectivity index (χ4v) is 4.93. The van der Waals surface area contributed by atoms with E-state index >= 15 is 0 Å². The summed E-state index contributed by atoms with van der Waals surface area (Å²) in [5.74, 6) is 0.828. The highest BCUT2D eigenvalue weighted by atomic mass is 16.5. The Hall–Kier alpha value is -3.90. The molecule has 3 aromatic carbocycles. The highest BCUT2D eigenvalue weighted by molar-refractivity contribution is 6.19. The molecule has 3 heterocycles. The van der Waals surface area contributed by atoms with Gasteiger partial charge in [-0.05, 0) is 35.2 Å². The molecule has 2 aliphatic heterocycles. The molecular formula is C31H33N3O3. The predicted molar refractivity (Wildman–Crippen MR) is 152 cm³/mol. The van der Waals surface area contributed by atoms with Gasteiger partial charge in [0.1, 0.15) is 5.75 Å². The van der Waals surface area contributed by atoms with E-state index < -0.39 is 0 Å². The lowest BCUT2D eigenvalue weighted by Crippen LogP contribution is -2.39. The van der Waals surface area contributed by atoms with Crippen LogP contribution in [0.1, 0.15) is 25.8 Å². The Morgan fingerprint density at radius 2 is 1.78 bits per heavy atom. The van der Waals surface area contributed by atoms with Crippen molar-refractivity contribution in [3.63, 3.8) is 0 Å². The highest BCUT2D eigenvalue weighted by Gasteiger charge is 2.26. The molecule has 0 spiro atoms. The summed E-state index contributed by atoms with van der Waals surface area (Å²) in [7, 11) is 3.76. The van der Waals surface area contributed by atoms with Gasteiger partial charge in [0, 0.05) is 48.6 Å². The number of hydrogen-bond donors (Lipinski definition) is 0. The summed E-state index contributed by atoms with van der Waals surface area (Å²) in [4.78, 5) is 21.6. The molecule has 0 atom stereocenters. The van der Waals surface area contributed by atoms with Crippen LogP contribution >= 0.6 is 0 Å². The van der Waals surface area contributed by atoms with E-state index in [0.717, 1.165) is 55.6 Å². The fourth-order valence-electron chi connectivity index (χ4n) is 4.93. The maximum Gasteiger partial charge on any atom is 0.246 e.